The van der Waals surface area contributed by atoms with E-state index < -0.39 is 0 Å². The minimum Gasteiger partial charge on any atom is -0.376 e. The van der Waals surface area contributed by atoms with Gasteiger partial charge in [0.2, 0.25) is 0 Å². The molecule has 0 aliphatic carbocycles. The lowest BCUT2D eigenvalue weighted by molar-refractivity contribution is 0.107. The molecule has 14 heavy (non-hydrogen) atoms. The monoisotopic (exact) mass is 294 g/mol. The number of hydrogen-bond acceptors (Lipinski definition) is 2. The Morgan fingerprint density at radius 3 is 3.00 bits per heavy atom. The lowest BCUT2D eigenvalue weighted by Crippen LogP contribution is -2.12. The Labute approximate surface area is 102 Å². The van der Waals surface area contributed by atoms with Crippen molar-refractivity contribution in [3.8, 4) is 0 Å². The molecule has 2 heterocycles. The van der Waals surface area contributed by atoms with Crippen molar-refractivity contribution in [2.75, 3.05) is 6.61 Å². The van der Waals surface area contributed by atoms with Crippen LogP contribution in [0.3, 0.4) is 0 Å². The third-order valence-electron chi connectivity index (χ3n) is 2.51. The Kier molecular flexibility index (Phi) is 3.53. The van der Waals surface area contributed by atoms with E-state index in [0.717, 1.165) is 23.2 Å². The molecule has 0 radical (unpaired) electrons. The zero-order valence-electron chi connectivity index (χ0n) is 7.93. The number of halogens is 2. The van der Waals surface area contributed by atoms with Crippen LogP contribution in [-0.4, -0.2) is 12.7 Å². The molecule has 0 aromatic carbocycles. The highest BCUT2D eigenvalue weighted by molar-refractivity contribution is 9.11. The summed E-state index contributed by atoms with van der Waals surface area (Å²) in [4.78, 5) is 1.28. The standard InChI is InChI=1S/C10H12BrClOS/c1-6-7(5-9(11)14-6)10(12)8-3-2-4-13-8/h5,8,10H,2-4H2,1H3. The van der Waals surface area contributed by atoms with Gasteiger partial charge in [-0.05, 0) is 47.3 Å². The van der Waals surface area contributed by atoms with Crippen LogP contribution in [0.2, 0.25) is 0 Å². The summed E-state index contributed by atoms with van der Waals surface area (Å²) in [5.41, 5.74) is 1.22. The fourth-order valence-electron chi connectivity index (χ4n) is 1.77. The first kappa shape index (κ1) is 10.9. The van der Waals surface area contributed by atoms with Crippen LogP contribution in [0.15, 0.2) is 9.85 Å². The van der Waals surface area contributed by atoms with Crippen molar-refractivity contribution in [2.24, 2.45) is 0 Å². The molecule has 1 aliphatic rings. The van der Waals surface area contributed by atoms with Crippen LogP contribution in [0.25, 0.3) is 0 Å². The van der Waals surface area contributed by atoms with Gasteiger partial charge in [0.05, 0.1) is 15.3 Å². The molecule has 1 aliphatic heterocycles. The Bertz CT molecular complexity index is 320. The Balaban J connectivity index is 2.17. The molecule has 0 spiro atoms. The largest absolute Gasteiger partial charge is 0.376 e. The highest BCUT2D eigenvalue weighted by Crippen LogP contribution is 2.38. The third-order valence-corrected chi connectivity index (χ3v) is 4.60. The quantitative estimate of drug-likeness (QED) is 0.740. The van der Waals surface area contributed by atoms with E-state index in [2.05, 4.69) is 28.9 Å². The van der Waals surface area contributed by atoms with Crippen LogP contribution in [-0.2, 0) is 4.74 Å². The summed E-state index contributed by atoms with van der Waals surface area (Å²) in [6.07, 6.45) is 2.43. The fraction of sp³-hybridized carbons (Fsp3) is 0.600. The van der Waals surface area contributed by atoms with E-state index in [1.165, 1.54) is 10.4 Å². The molecule has 1 aromatic rings. The first-order chi connectivity index (χ1) is 6.68. The van der Waals surface area contributed by atoms with Crippen molar-refractivity contribution in [1.82, 2.24) is 0 Å². The summed E-state index contributed by atoms with van der Waals surface area (Å²) in [7, 11) is 0. The third kappa shape index (κ3) is 2.16. The van der Waals surface area contributed by atoms with Gasteiger partial charge in [-0.25, -0.2) is 0 Å². The minimum atomic E-state index is 0.0139. The van der Waals surface area contributed by atoms with E-state index in [-0.39, 0.29) is 11.5 Å². The number of rotatable bonds is 2. The summed E-state index contributed by atoms with van der Waals surface area (Å²) in [6, 6.07) is 2.11. The molecular weight excluding hydrogens is 284 g/mol. The Hall–Kier alpha value is 0.430. The number of aryl methyl sites for hydroxylation is 1. The van der Waals surface area contributed by atoms with E-state index in [0.29, 0.717) is 0 Å². The van der Waals surface area contributed by atoms with Gasteiger partial charge in [0.15, 0.2) is 0 Å². The van der Waals surface area contributed by atoms with Gasteiger partial charge in [-0.3, -0.25) is 0 Å². The predicted molar refractivity (Wildman–Crippen MR) is 64.3 cm³/mol. The summed E-state index contributed by atoms with van der Waals surface area (Å²) in [6.45, 7) is 2.97. The van der Waals surface area contributed by atoms with Crippen LogP contribution in [0, 0.1) is 6.92 Å². The van der Waals surface area contributed by atoms with Crippen LogP contribution >= 0.6 is 38.9 Å². The molecular formula is C10H12BrClOS. The van der Waals surface area contributed by atoms with E-state index in [1.54, 1.807) is 11.3 Å². The van der Waals surface area contributed by atoms with Gasteiger partial charge in [-0.15, -0.1) is 22.9 Å². The van der Waals surface area contributed by atoms with Crippen LogP contribution < -0.4 is 0 Å². The number of thiophene rings is 1. The number of ether oxygens (including phenoxy) is 1. The van der Waals surface area contributed by atoms with Crippen molar-refractivity contribution >= 4 is 38.9 Å². The maximum absolute atomic E-state index is 6.39. The topological polar surface area (TPSA) is 9.23 Å². The van der Waals surface area contributed by atoms with Gasteiger partial charge in [-0.2, -0.15) is 0 Å². The molecule has 1 nitrogen and oxygen atoms in total. The van der Waals surface area contributed by atoms with Crippen LogP contribution in [0.1, 0.15) is 28.7 Å². The predicted octanol–water partition coefficient (Wildman–Crippen LogP) is 4.28. The molecule has 1 fully saturated rings. The summed E-state index contributed by atoms with van der Waals surface area (Å²) >= 11 is 11.6. The van der Waals surface area contributed by atoms with E-state index in [9.17, 15) is 0 Å². The highest BCUT2D eigenvalue weighted by atomic mass is 79.9. The molecule has 2 atom stereocenters. The average Bonchev–Trinajstić information content (AvgIpc) is 2.73. The highest BCUT2D eigenvalue weighted by Gasteiger charge is 2.27. The van der Waals surface area contributed by atoms with Gasteiger partial charge < -0.3 is 4.74 Å². The fourth-order valence-corrected chi connectivity index (χ4v) is 4.01. The maximum atomic E-state index is 6.39. The van der Waals surface area contributed by atoms with Gasteiger partial charge in [-0.1, -0.05) is 0 Å². The number of hydrogen-bond donors (Lipinski definition) is 0. The normalized spacial score (nSPS) is 24.1. The lowest BCUT2D eigenvalue weighted by atomic mass is 10.1. The van der Waals surface area contributed by atoms with Gasteiger partial charge >= 0.3 is 0 Å². The lowest BCUT2D eigenvalue weighted by Gasteiger charge is -2.16. The molecule has 0 N–H and O–H groups in total. The van der Waals surface area contributed by atoms with Crippen molar-refractivity contribution in [3.05, 3.63) is 20.3 Å². The zero-order valence-corrected chi connectivity index (χ0v) is 11.1. The SMILES string of the molecule is Cc1sc(Br)cc1C(Cl)C1CCCO1. The second kappa shape index (κ2) is 4.52. The molecule has 1 saturated heterocycles. The summed E-state index contributed by atoms with van der Waals surface area (Å²) in [5.74, 6) is 0. The number of alkyl halides is 1. The van der Waals surface area contributed by atoms with Crippen LogP contribution in [0.4, 0.5) is 0 Å². The van der Waals surface area contributed by atoms with Crippen molar-refractivity contribution in [2.45, 2.75) is 31.2 Å². The molecule has 1 aromatic heterocycles. The second-order valence-corrected chi connectivity index (χ2v) is 6.62. The maximum Gasteiger partial charge on any atom is 0.0858 e. The molecule has 4 heteroatoms. The van der Waals surface area contributed by atoms with Gasteiger partial charge in [0, 0.05) is 11.5 Å². The average molecular weight is 296 g/mol. The summed E-state index contributed by atoms with van der Waals surface area (Å²) < 4.78 is 6.74. The minimum absolute atomic E-state index is 0.0139. The van der Waals surface area contributed by atoms with E-state index in [4.69, 9.17) is 16.3 Å². The summed E-state index contributed by atoms with van der Waals surface area (Å²) in [5, 5.41) is 0.0139. The van der Waals surface area contributed by atoms with Crippen molar-refractivity contribution < 1.29 is 4.74 Å². The van der Waals surface area contributed by atoms with Crippen LogP contribution in [0.5, 0.6) is 0 Å². The van der Waals surface area contributed by atoms with Gasteiger partial charge in [0.1, 0.15) is 0 Å². The molecule has 2 rings (SSSR count). The zero-order chi connectivity index (χ0) is 10.1. The Morgan fingerprint density at radius 1 is 1.71 bits per heavy atom. The molecule has 0 saturated carbocycles. The molecule has 78 valence electrons. The first-order valence-corrected chi connectivity index (χ1v) is 6.74. The smallest absolute Gasteiger partial charge is 0.0858 e. The van der Waals surface area contributed by atoms with Gasteiger partial charge in [0.25, 0.3) is 0 Å². The molecule has 2 unspecified atom stereocenters. The molecule has 0 bridgehead atoms. The second-order valence-electron chi connectivity index (χ2n) is 3.52. The van der Waals surface area contributed by atoms with E-state index in [1.807, 2.05) is 0 Å². The first-order valence-electron chi connectivity index (χ1n) is 4.70. The molecule has 0 amide bonds. The van der Waals surface area contributed by atoms with E-state index >= 15 is 0 Å². The van der Waals surface area contributed by atoms with Crippen molar-refractivity contribution in [1.29, 1.82) is 0 Å². The Morgan fingerprint density at radius 2 is 2.50 bits per heavy atom. The van der Waals surface area contributed by atoms with Crippen molar-refractivity contribution in [3.63, 3.8) is 0 Å².